The number of nitrogens with zero attached hydrogens (tertiary/aromatic N) is 2. The minimum absolute atomic E-state index is 0.887. The summed E-state index contributed by atoms with van der Waals surface area (Å²) in [6.45, 7) is 7.56. The summed E-state index contributed by atoms with van der Waals surface area (Å²) in [4.78, 5) is 7.09. The molecule has 0 atom stereocenters. The third kappa shape index (κ3) is 9.25. The van der Waals surface area contributed by atoms with E-state index in [4.69, 9.17) is 0 Å². The number of thioether (sulfide) groups is 1. The van der Waals surface area contributed by atoms with Gasteiger partial charge in [-0.25, -0.2) is 0 Å². The second-order valence-electron chi connectivity index (χ2n) is 5.92. The van der Waals surface area contributed by atoms with Gasteiger partial charge in [-0.1, -0.05) is 0 Å². The number of aliphatic imine (C=N–C) groups is 1. The molecule has 0 radical (unpaired) electrons. The van der Waals surface area contributed by atoms with Crippen LogP contribution in [0.25, 0.3) is 0 Å². The van der Waals surface area contributed by atoms with Crippen LogP contribution >= 0.6 is 11.8 Å². The molecule has 4 nitrogen and oxygen atoms in total. The second kappa shape index (κ2) is 12.2. The lowest BCUT2D eigenvalue weighted by Gasteiger charge is -2.29. The van der Waals surface area contributed by atoms with E-state index in [1.54, 1.807) is 0 Å². The monoisotopic (exact) mass is 314 g/mol. The molecule has 21 heavy (non-hydrogen) atoms. The molecule has 5 heteroatoms. The van der Waals surface area contributed by atoms with Crippen molar-refractivity contribution in [2.24, 2.45) is 10.9 Å². The molecule has 0 unspecified atom stereocenters. The zero-order valence-corrected chi connectivity index (χ0v) is 15.0. The summed E-state index contributed by atoms with van der Waals surface area (Å²) in [7, 11) is 2.22. The fraction of sp³-hybridized carbons (Fsp3) is 0.938. The molecule has 124 valence electrons. The number of unbranched alkanes of at least 4 members (excludes halogenated alkanes) is 1. The van der Waals surface area contributed by atoms with Crippen LogP contribution in [0, 0.1) is 5.92 Å². The van der Waals surface area contributed by atoms with Gasteiger partial charge in [0.05, 0.1) is 0 Å². The fourth-order valence-corrected chi connectivity index (χ4v) is 3.13. The van der Waals surface area contributed by atoms with Crippen molar-refractivity contribution in [3.63, 3.8) is 0 Å². The second-order valence-corrected chi connectivity index (χ2v) is 6.91. The van der Waals surface area contributed by atoms with Gasteiger partial charge in [-0.3, -0.25) is 4.99 Å². The van der Waals surface area contributed by atoms with E-state index < -0.39 is 0 Å². The summed E-state index contributed by atoms with van der Waals surface area (Å²) in [6.07, 6.45) is 8.58. The molecule has 1 heterocycles. The molecule has 0 aromatic carbocycles. The zero-order valence-electron chi connectivity index (χ0n) is 14.2. The number of guanidine groups is 1. The average molecular weight is 315 g/mol. The van der Waals surface area contributed by atoms with Gasteiger partial charge < -0.3 is 15.5 Å². The highest BCUT2D eigenvalue weighted by Gasteiger charge is 2.16. The Balaban J connectivity index is 2.16. The largest absolute Gasteiger partial charge is 0.357 e. The number of nitrogens with one attached hydrogen (secondary N) is 2. The standard InChI is InChI=1S/C16H34N4S/c1-4-17-16(18-10-5-6-14-21-3)19-11-7-15-8-12-20(2)13-9-15/h15H,4-14H2,1-3H3,(H2,17,18,19). The van der Waals surface area contributed by atoms with Crippen LogP contribution in [0.2, 0.25) is 0 Å². The molecule has 0 aromatic heterocycles. The molecule has 0 amide bonds. The lowest BCUT2D eigenvalue weighted by Crippen LogP contribution is -2.39. The lowest BCUT2D eigenvalue weighted by atomic mass is 9.94. The van der Waals surface area contributed by atoms with Gasteiger partial charge in [0.1, 0.15) is 0 Å². The van der Waals surface area contributed by atoms with Crippen LogP contribution in [0.4, 0.5) is 0 Å². The SMILES string of the molecule is CCNC(=NCCCCSC)NCCC1CCN(C)CC1. The minimum atomic E-state index is 0.887. The quantitative estimate of drug-likeness (QED) is 0.389. The van der Waals surface area contributed by atoms with Gasteiger partial charge >= 0.3 is 0 Å². The number of rotatable bonds is 9. The predicted molar refractivity (Wildman–Crippen MR) is 96.4 cm³/mol. The van der Waals surface area contributed by atoms with E-state index in [0.717, 1.165) is 31.5 Å². The third-order valence-corrected chi connectivity index (χ3v) is 4.75. The van der Waals surface area contributed by atoms with Crippen molar-refractivity contribution in [1.82, 2.24) is 15.5 Å². The van der Waals surface area contributed by atoms with Crippen LogP contribution in [-0.4, -0.2) is 62.6 Å². The zero-order chi connectivity index (χ0) is 15.3. The fourth-order valence-electron chi connectivity index (χ4n) is 2.64. The van der Waals surface area contributed by atoms with Gasteiger partial charge in [0.25, 0.3) is 0 Å². The van der Waals surface area contributed by atoms with Gasteiger partial charge in [-0.2, -0.15) is 11.8 Å². The van der Waals surface area contributed by atoms with Crippen molar-refractivity contribution >= 4 is 17.7 Å². The first kappa shape index (κ1) is 18.6. The van der Waals surface area contributed by atoms with Crippen LogP contribution in [-0.2, 0) is 0 Å². The van der Waals surface area contributed by atoms with Crippen molar-refractivity contribution in [3.05, 3.63) is 0 Å². The third-order valence-electron chi connectivity index (χ3n) is 4.05. The van der Waals surface area contributed by atoms with Crippen molar-refractivity contribution in [2.45, 2.75) is 39.0 Å². The van der Waals surface area contributed by atoms with Gasteiger partial charge in [-0.05, 0) is 77.1 Å². The molecule has 1 rings (SSSR count). The van der Waals surface area contributed by atoms with Crippen molar-refractivity contribution < 1.29 is 0 Å². The highest BCUT2D eigenvalue weighted by Crippen LogP contribution is 2.18. The number of piperidine rings is 1. The highest BCUT2D eigenvalue weighted by atomic mass is 32.2. The number of likely N-dealkylation sites (tertiary alicyclic amines) is 1. The van der Waals surface area contributed by atoms with Crippen molar-refractivity contribution in [3.8, 4) is 0 Å². The van der Waals surface area contributed by atoms with E-state index in [1.807, 2.05) is 11.8 Å². The van der Waals surface area contributed by atoms with Crippen LogP contribution in [0.15, 0.2) is 4.99 Å². The lowest BCUT2D eigenvalue weighted by molar-refractivity contribution is 0.213. The molecular formula is C16H34N4S. The maximum absolute atomic E-state index is 4.66. The smallest absolute Gasteiger partial charge is 0.191 e. The Hall–Kier alpha value is -0.420. The van der Waals surface area contributed by atoms with Crippen LogP contribution < -0.4 is 10.6 Å². The Kier molecular flexibility index (Phi) is 10.8. The molecule has 1 aliphatic heterocycles. The molecule has 0 bridgehead atoms. The first-order valence-electron chi connectivity index (χ1n) is 8.46. The Morgan fingerprint density at radius 3 is 2.67 bits per heavy atom. The summed E-state index contributed by atoms with van der Waals surface area (Å²) in [5.41, 5.74) is 0. The average Bonchev–Trinajstić information content (AvgIpc) is 2.49. The Morgan fingerprint density at radius 2 is 2.00 bits per heavy atom. The topological polar surface area (TPSA) is 39.7 Å². The van der Waals surface area contributed by atoms with Crippen molar-refractivity contribution in [1.29, 1.82) is 0 Å². The maximum atomic E-state index is 4.66. The molecule has 0 spiro atoms. The number of hydrogen-bond donors (Lipinski definition) is 2. The van der Waals surface area contributed by atoms with E-state index in [1.165, 1.54) is 50.9 Å². The molecular weight excluding hydrogens is 280 g/mol. The van der Waals surface area contributed by atoms with E-state index in [0.29, 0.717) is 0 Å². The first-order valence-corrected chi connectivity index (χ1v) is 9.85. The van der Waals surface area contributed by atoms with E-state index >= 15 is 0 Å². The van der Waals surface area contributed by atoms with Gasteiger partial charge in [0.15, 0.2) is 5.96 Å². The summed E-state index contributed by atoms with van der Waals surface area (Å²) < 4.78 is 0. The molecule has 1 fully saturated rings. The molecule has 1 saturated heterocycles. The van der Waals surface area contributed by atoms with Gasteiger partial charge in [-0.15, -0.1) is 0 Å². The van der Waals surface area contributed by atoms with Crippen molar-refractivity contribution in [2.75, 3.05) is 51.8 Å². The summed E-state index contributed by atoms with van der Waals surface area (Å²) in [5.74, 6) is 3.13. The molecule has 0 aromatic rings. The van der Waals surface area contributed by atoms with Crippen LogP contribution in [0.1, 0.15) is 39.0 Å². The molecule has 0 saturated carbocycles. The van der Waals surface area contributed by atoms with E-state index in [2.05, 4.69) is 40.8 Å². The number of hydrogen-bond acceptors (Lipinski definition) is 3. The summed E-state index contributed by atoms with van der Waals surface area (Å²) in [5, 5.41) is 6.83. The summed E-state index contributed by atoms with van der Waals surface area (Å²) in [6, 6.07) is 0. The maximum Gasteiger partial charge on any atom is 0.191 e. The van der Waals surface area contributed by atoms with Crippen LogP contribution in [0.5, 0.6) is 0 Å². The van der Waals surface area contributed by atoms with E-state index in [-0.39, 0.29) is 0 Å². The molecule has 1 aliphatic rings. The van der Waals surface area contributed by atoms with Gasteiger partial charge in [0, 0.05) is 19.6 Å². The Morgan fingerprint density at radius 1 is 1.24 bits per heavy atom. The normalized spacial score (nSPS) is 18.0. The van der Waals surface area contributed by atoms with Gasteiger partial charge in [0.2, 0.25) is 0 Å². The van der Waals surface area contributed by atoms with E-state index in [9.17, 15) is 0 Å². The molecule has 0 aliphatic carbocycles. The predicted octanol–water partition coefficient (Wildman–Crippen LogP) is 2.42. The summed E-state index contributed by atoms with van der Waals surface area (Å²) >= 11 is 1.92. The first-order chi connectivity index (χ1) is 10.3. The van der Waals surface area contributed by atoms with Crippen LogP contribution in [0.3, 0.4) is 0 Å². The molecule has 2 N–H and O–H groups in total. The minimum Gasteiger partial charge on any atom is -0.357 e. The Labute approximate surface area is 135 Å². The highest BCUT2D eigenvalue weighted by molar-refractivity contribution is 7.98. The Bertz CT molecular complexity index is 275.